The first-order valence-electron chi connectivity index (χ1n) is 13.9. The van der Waals surface area contributed by atoms with Gasteiger partial charge >= 0.3 is 0 Å². The number of rotatable bonds is 6. The van der Waals surface area contributed by atoms with Crippen LogP contribution in [0.4, 0.5) is 11.5 Å². The van der Waals surface area contributed by atoms with Crippen molar-refractivity contribution in [3.05, 3.63) is 58.5 Å². The monoisotopic (exact) mass is 525 g/mol. The molecule has 7 rings (SSSR count). The lowest BCUT2D eigenvalue weighted by Gasteiger charge is -2.30. The molecule has 9 heteroatoms. The molecule has 2 fully saturated rings. The predicted octanol–water partition coefficient (Wildman–Crippen LogP) is 3.67. The summed E-state index contributed by atoms with van der Waals surface area (Å²) in [5, 5.41) is 11.2. The van der Waals surface area contributed by atoms with Gasteiger partial charge in [-0.2, -0.15) is 5.10 Å². The lowest BCUT2D eigenvalue weighted by atomic mass is 9.88. The van der Waals surface area contributed by atoms with Gasteiger partial charge in [0.05, 0.1) is 23.1 Å². The Morgan fingerprint density at radius 1 is 1.15 bits per heavy atom. The fraction of sp³-hybridized carbons (Fsp3) is 0.467. The first kappa shape index (κ1) is 24.3. The molecule has 1 saturated carbocycles. The van der Waals surface area contributed by atoms with E-state index in [0.717, 1.165) is 59.6 Å². The first-order chi connectivity index (χ1) is 18.8. The lowest BCUT2D eigenvalue weighted by Crippen LogP contribution is -2.35. The van der Waals surface area contributed by atoms with Gasteiger partial charge in [0, 0.05) is 50.9 Å². The average molecular weight is 526 g/mol. The van der Waals surface area contributed by atoms with Crippen LogP contribution in [0, 0.1) is 5.41 Å². The van der Waals surface area contributed by atoms with Gasteiger partial charge in [0.15, 0.2) is 0 Å². The number of hydrogen-bond acceptors (Lipinski definition) is 6. The van der Waals surface area contributed by atoms with E-state index in [0.29, 0.717) is 36.3 Å². The van der Waals surface area contributed by atoms with Crippen molar-refractivity contribution in [1.29, 1.82) is 0 Å². The molecule has 2 aromatic heterocycles. The highest BCUT2D eigenvalue weighted by Gasteiger charge is 2.49. The van der Waals surface area contributed by atoms with Gasteiger partial charge in [0.1, 0.15) is 5.82 Å². The van der Waals surface area contributed by atoms with Gasteiger partial charge in [-0.05, 0) is 79.9 Å². The predicted molar refractivity (Wildman–Crippen MR) is 149 cm³/mol. The van der Waals surface area contributed by atoms with E-state index in [9.17, 15) is 9.59 Å². The molecule has 202 valence electrons. The summed E-state index contributed by atoms with van der Waals surface area (Å²) in [6.07, 6.45) is 7.06. The number of amides is 2. The number of hydrogen-bond donors (Lipinski definition) is 2. The maximum atomic E-state index is 13.0. The fourth-order valence-corrected chi connectivity index (χ4v) is 6.63. The number of aromatic nitrogens is 3. The van der Waals surface area contributed by atoms with Crippen LogP contribution in [0.5, 0.6) is 0 Å². The standard InChI is InChI=1S/C30H35N7O2/c1-35(2)16-24-19(18-8-11-36(3)27(38)12-18)5-7-26(34-24)33-23-6-4-20(22-14-31-29(39)28(22)23)21-15-32-37-17-30(9-10-30)13-25(21)37/h4-7,15,18H,8-14,16-17H2,1-3H3,(H,31,39)(H,33,34)/t18-/m0/s1. The van der Waals surface area contributed by atoms with Crippen molar-refractivity contribution in [2.75, 3.05) is 33.0 Å². The van der Waals surface area contributed by atoms with Crippen LogP contribution in [0.1, 0.15) is 64.5 Å². The van der Waals surface area contributed by atoms with E-state index in [1.54, 1.807) is 0 Å². The molecule has 1 aliphatic carbocycles. The summed E-state index contributed by atoms with van der Waals surface area (Å²) in [6, 6.07) is 8.21. The molecule has 1 atom stereocenters. The van der Waals surface area contributed by atoms with Crippen molar-refractivity contribution in [3.8, 4) is 11.1 Å². The molecular weight excluding hydrogens is 490 g/mol. The minimum atomic E-state index is -0.0631. The number of carbonyl (C=O) groups excluding carboxylic acids is 2. The van der Waals surface area contributed by atoms with E-state index >= 15 is 0 Å². The van der Waals surface area contributed by atoms with Crippen LogP contribution in [-0.4, -0.2) is 64.1 Å². The minimum absolute atomic E-state index is 0.0631. The Balaban J connectivity index is 1.21. The van der Waals surface area contributed by atoms with E-state index in [1.807, 2.05) is 44.4 Å². The Labute approximate surface area is 228 Å². The maximum absolute atomic E-state index is 13.0. The normalized spacial score (nSPS) is 20.9. The van der Waals surface area contributed by atoms with Crippen LogP contribution < -0.4 is 10.6 Å². The number of piperidine rings is 1. The number of fused-ring (bicyclic) bond motifs is 2. The SMILES string of the molecule is CN(C)Cc1nc(Nc2ccc(-c3cnn4c3CC3(CC3)C4)c3c2C(=O)NC3)ccc1[C@H]1CCN(C)C(=O)C1. The summed E-state index contributed by atoms with van der Waals surface area (Å²) in [7, 11) is 5.92. The Kier molecular flexibility index (Phi) is 5.56. The average Bonchev–Trinajstić information content (AvgIpc) is 3.17. The fourth-order valence-electron chi connectivity index (χ4n) is 6.63. The lowest BCUT2D eigenvalue weighted by molar-refractivity contribution is -0.132. The molecule has 9 nitrogen and oxygen atoms in total. The van der Waals surface area contributed by atoms with E-state index in [4.69, 9.17) is 10.1 Å². The highest BCUT2D eigenvalue weighted by atomic mass is 16.2. The molecule has 1 aromatic carbocycles. The Morgan fingerprint density at radius 3 is 2.77 bits per heavy atom. The van der Waals surface area contributed by atoms with Crippen LogP contribution >= 0.6 is 0 Å². The number of carbonyl (C=O) groups is 2. The summed E-state index contributed by atoms with van der Waals surface area (Å²) in [5.41, 5.74) is 8.55. The number of nitrogens with one attached hydrogen (secondary N) is 2. The second kappa shape index (κ2) is 8.91. The van der Waals surface area contributed by atoms with Crippen molar-refractivity contribution in [3.63, 3.8) is 0 Å². The topological polar surface area (TPSA) is 95.4 Å². The highest BCUT2D eigenvalue weighted by molar-refractivity contribution is 6.06. The maximum Gasteiger partial charge on any atom is 0.254 e. The van der Waals surface area contributed by atoms with E-state index < -0.39 is 0 Å². The van der Waals surface area contributed by atoms with Crippen LogP contribution in [0.2, 0.25) is 0 Å². The number of pyridine rings is 1. The molecular formula is C30H35N7O2. The van der Waals surface area contributed by atoms with Gasteiger partial charge in [0.2, 0.25) is 5.91 Å². The quantitative estimate of drug-likeness (QED) is 0.510. The van der Waals surface area contributed by atoms with Gasteiger partial charge in [0.25, 0.3) is 5.91 Å². The third kappa shape index (κ3) is 4.19. The largest absolute Gasteiger partial charge is 0.348 e. The van der Waals surface area contributed by atoms with Crippen molar-refractivity contribution >= 4 is 23.3 Å². The van der Waals surface area contributed by atoms with Gasteiger partial charge in [-0.1, -0.05) is 12.1 Å². The Bertz CT molecular complexity index is 1500. The number of likely N-dealkylation sites (tertiary alicyclic amines) is 1. The summed E-state index contributed by atoms with van der Waals surface area (Å²) in [6.45, 7) is 2.97. The van der Waals surface area contributed by atoms with Crippen LogP contribution in [0.25, 0.3) is 11.1 Å². The molecule has 2 amide bonds. The third-order valence-corrected chi connectivity index (χ3v) is 9.03. The number of anilines is 2. The summed E-state index contributed by atoms with van der Waals surface area (Å²) in [4.78, 5) is 34.4. The van der Waals surface area contributed by atoms with Crippen molar-refractivity contribution in [2.45, 2.75) is 57.7 Å². The second-order valence-electron chi connectivity index (χ2n) is 12.1. The minimum Gasteiger partial charge on any atom is -0.348 e. The van der Waals surface area contributed by atoms with Crippen LogP contribution in [0.15, 0.2) is 30.5 Å². The third-order valence-electron chi connectivity index (χ3n) is 9.03. The van der Waals surface area contributed by atoms with Crippen molar-refractivity contribution in [1.82, 2.24) is 29.9 Å². The molecule has 1 spiro atoms. The van der Waals surface area contributed by atoms with Gasteiger partial charge < -0.3 is 20.4 Å². The number of nitrogens with zero attached hydrogens (tertiary/aromatic N) is 5. The summed E-state index contributed by atoms with van der Waals surface area (Å²) < 4.78 is 2.17. The van der Waals surface area contributed by atoms with E-state index in [2.05, 4.69) is 32.3 Å². The van der Waals surface area contributed by atoms with E-state index in [-0.39, 0.29) is 17.7 Å². The summed E-state index contributed by atoms with van der Waals surface area (Å²) in [5.74, 6) is 0.993. The first-order valence-corrected chi connectivity index (χ1v) is 13.9. The van der Waals surface area contributed by atoms with Gasteiger partial charge in [-0.15, -0.1) is 0 Å². The molecule has 5 heterocycles. The molecule has 2 N–H and O–H groups in total. The highest BCUT2D eigenvalue weighted by Crippen LogP contribution is 2.54. The molecule has 0 bridgehead atoms. The number of benzene rings is 1. The zero-order valence-electron chi connectivity index (χ0n) is 22.9. The molecule has 39 heavy (non-hydrogen) atoms. The molecule has 4 aliphatic rings. The van der Waals surface area contributed by atoms with Crippen LogP contribution in [0.3, 0.4) is 0 Å². The molecule has 3 aromatic rings. The van der Waals surface area contributed by atoms with Crippen LogP contribution in [-0.2, 0) is 30.8 Å². The van der Waals surface area contributed by atoms with E-state index in [1.165, 1.54) is 18.5 Å². The Hall–Kier alpha value is -3.72. The summed E-state index contributed by atoms with van der Waals surface area (Å²) >= 11 is 0. The van der Waals surface area contributed by atoms with Gasteiger partial charge in [-0.3, -0.25) is 14.3 Å². The molecule has 3 aliphatic heterocycles. The zero-order chi connectivity index (χ0) is 26.9. The molecule has 1 saturated heterocycles. The smallest absolute Gasteiger partial charge is 0.254 e. The molecule has 0 radical (unpaired) electrons. The van der Waals surface area contributed by atoms with Crippen molar-refractivity contribution < 1.29 is 9.59 Å². The van der Waals surface area contributed by atoms with Gasteiger partial charge in [-0.25, -0.2) is 4.98 Å². The molecule has 0 unspecified atom stereocenters. The Morgan fingerprint density at radius 2 is 2.00 bits per heavy atom. The van der Waals surface area contributed by atoms with Crippen molar-refractivity contribution in [2.24, 2.45) is 5.41 Å². The zero-order valence-corrected chi connectivity index (χ0v) is 22.9. The second-order valence-corrected chi connectivity index (χ2v) is 12.1.